The van der Waals surface area contributed by atoms with E-state index in [2.05, 4.69) is 36.3 Å². The Hall–Kier alpha value is -1.39. The van der Waals surface area contributed by atoms with Gasteiger partial charge in [-0.15, -0.1) is 11.3 Å². The van der Waals surface area contributed by atoms with Crippen LogP contribution in [0.3, 0.4) is 0 Å². The summed E-state index contributed by atoms with van der Waals surface area (Å²) in [6, 6.07) is 8.58. The van der Waals surface area contributed by atoms with Crippen LogP contribution in [0.15, 0.2) is 29.8 Å². The van der Waals surface area contributed by atoms with E-state index in [1.165, 1.54) is 10.4 Å². The minimum atomic E-state index is 0.359. The fourth-order valence-corrected chi connectivity index (χ4v) is 2.92. The summed E-state index contributed by atoms with van der Waals surface area (Å²) in [5.41, 5.74) is 4.33. The minimum Gasteiger partial charge on any atom is -0.497 e. The molecule has 0 aliphatic heterocycles. The highest BCUT2D eigenvalue weighted by Gasteiger charge is 2.09. The number of rotatable bonds is 6. The van der Waals surface area contributed by atoms with Gasteiger partial charge in [-0.3, -0.25) is 0 Å². The van der Waals surface area contributed by atoms with Crippen LogP contribution in [0.4, 0.5) is 0 Å². The predicted molar refractivity (Wildman–Crippen MR) is 80.0 cm³/mol. The Kier molecular flexibility index (Phi) is 4.93. The summed E-state index contributed by atoms with van der Waals surface area (Å²) >= 11 is 1.72. The van der Waals surface area contributed by atoms with E-state index in [0.717, 1.165) is 24.4 Å². The molecule has 1 atom stereocenters. The van der Waals surface area contributed by atoms with Gasteiger partial charge >= 0.3 is 0 Å². The fraction of sp³-hybridized carbons (Fsp3) is 0.400. The standard InChI is InChI=1S/C15H20N2OS/c1-11(15-12(2)17-10-19-15)16-8-7-13-5-4-6-14(9-13)18-3/h4-6,9-11,16H,7-8H2,1-3H3. The number of ether oxygens (including phenoxy) is 1. The van der Waals surface area contributed by atoms with Crippen LogP contribution in [-0.2, 0) is 6.42 Å². The normalized spacial score (nSPS) is 12.4. The highest BCUT2D eigenvalue weighted by molar-refractivity contribution is 7.09. The number of nitrogens with one attached hydrogen (secondary N) is 1. The second-order valence-corrected chi connectivity index (χ2v) is 5.47. The Bertz CT molecular complexity index is 524. The van der Waals surface area contributed by atoms with Gasteiger partial charge in [-0.2, -0.15) is 0 Å². The molecule has 4 heteroatoms. The molecule has 2 aromatic rings. The van der Waals surface area contributed by atoms with Crippen molar-refractivity contribution in [1.29, 1.82) is 0 Å². The Balaban J connectivity index is 1.84. The summed E-state index contributed by atoms with van der Waals surface area (Å²) < 4.78 is 5.23. The molecule has 1 N–H and O–H groups in total. The zero-order valence-electron chi connectivity index (χ0n) is 11.6. The van der Waals surface area contributed by atoms with Crippen LogP contribution in [0.1, 0.15) is 29.1 Å². The summed E-state index contributed by atoms with van der Waals surface area (Å²) in [5, 5.41) is 3.54. The van der Waals surface area contributed by atoms with Gasteiger partial charge in [-0.1, -0.05) is 12.1 Å². The molecule has 0 fully saturated rings. The first-order chi connectivity index (χ1) is 9.20. The highest BCUT2D eigenvalue weighted by atomic mass is 32.1. The smallest absolute Gasteiger partial charge is 0.119 e. The van der Waals surface area contributed by atoms with Crippen LogP contribution in [0, 0.1) is 6.92 Å². The van der Waals surface area contributed by atoms with Crippen molar-refractivity contribution >= 4 is 11.3 Å². The molecule has 1 unspecified atom stereocenters. The van der Waals surface area contributed by atoms with Gasteiger partial charge in [0.1, 0.15) is 5.75 Å². The second kappa shape index (κ2) is 6.68. The minimum absolute atomic E-state index is 0.359. The lowest BCUT2D eigenvalue weighted by Gasteiger charge is -2.13. The number of hydrogen-bond acceptors (Lipinski definition) is 4. The molecule has 1 aromatic carbocycles. The molecule has 0 bridgehead atoms. The van der Waals surface area contributed by atoms with Gasteiger partial charge in [0.15, 0.2) is 0 Å². The molecule has 1 heterocycles. The summed E-state index contributed by atoms with van der Waals surface area (Å²) in [6.45, 7) is 5.20. The van der Waals surface area contributed by atoms with E-state index in [4.69, 9.17) is 4.74 Å². The second-order valence-electron chi connectivity index (χ2n) is 4.58. The monoisotopic (exact) mass is 276 g/mol. The number of thiazole rings is 1. The molecule has 0 aliphatic rings. The van der Waals surface area contributed by atoms with E-state index in [-0.39, 0.29) is 0 Å². The lowest BCUT2D eigenvalue weighted by Crippen LogP contribution is -2.21. The van der Waals surface area contributed by atoms with Crippen molar-refractivity contribution in [3.05, 3.63) is 45.9 Å². The number of aryl methyl sites for hydroxylation is 1. The van der Waals surface area contributed by atoms with E-state index < -0.39 is 0 Å². The Morgan fingerprint density at radius 1 is 1.42 bits per heavy atom. The van der Waals surface area contributed by atoms with Crippen molar-refractivity contribution in [1.82, 2.24) is 10.3 Å². The zero-order chi connectivity index (χ0) is 13.7. The van der Waals surface area contributed by atoms with Crippen molar-refractivity contribution in [3.8, 4) is 5.75 Å². The Morgan fingerprint density at radius 2 is 2.26 bits per heavy atom. The molecule has 19 heavy (non-hydrogen) atoms. The van der Waals surface area contributed by atoms with Crippen LogP contribution in [0.2, 0.25) is 0 Å². The first kappa shape index (κ1) is 14.0. The summed E-state index contributed by atoms with van der Waals surface area (Å²) in [6.07, 6.45) is 0.999. The molecule has 0 spiro atoms. The Morgan fingerprint density at radius 3 is 2.95 bits per heavy atom. The van der Waals surface area contributed by atoms with Gasteiger partial charge in [-0.25, -0.2) is 4.98 Å². The molecule has 0 aliphatic carbocycles. The fourth-order valence-electron chi connectivity index (χ4n) is 2.08. The topological polar surface area (TPSA) is 34.1 Å². The molecule has 2 rings (SSSR count). The third-order valence-electron chi connectivity index (χ3n) is 3.17. The SMILES string of the molecule is COc1cccc(CCNC(C)c2scnc2C)c1. The average Bonchev–Trinajstić information content (AvgIpc) is 2.85. The molecule has 3 nitrogen and oxygen atoms in total. The van der Waals surface area contributed by atoms with Gasteiger partial charge in [0, 0.05) is 10.9 Å². The molecular formula is C15H20N2OS. The third kappa shape index (κ3) is 3.78. The highest BCUT2D eigenvalue weighted by Crippen LogP contribution is 2.21. The van der Waals surface area contributed by atoms with Crippen LogP contribution >= 0.6 is 11.3 Å². The van der Waals surface area contributed by atoms with Crippen molar-refractivity contribution in [2.24, 2.45) is 0 Å². The predicted octanol–water partition coefficient (Wildman–Crippen LogP) is 3.35. The molecule has 1 aromatic heterocycles. The van der Waals surface area contributed by atoms with E-state index in [1.807, 2.05) is 17.6 Å². The van der Waals surface area contributed by atoms with Crippen molar-refractivity contribution in [2.75, 3.05) is 13.7 Å². The maximum Gasteiger partial charge on any atom is 0.119 e. The molecule has 0 radical (unpaired) electrons. The molecule has 0 amide bonds. The van der Waals surface area contributed by atoms with Gasteiger partial charge < -0.3 is 10.1 Å². The van der Waals surface area contributed by atoms with Crippen molar-refractivity contribution in [3.63, 3.8) is 0 Å². The number of hydrogen-bond donors (Lipinski definition) is 1. The largest absolute Gasteiger partial charge is 0.497 e. The van der Waals surface area contributed by atoms with Crippen LogP contribution in [0.25, 0.3) is 0 Å². The summed E-state index contributed by atoms with van der Waals surface area (Å²) in [7, 11) is 1.70. The average molecular weight is 276 g/mol. The number of nitrogens with zero attached hydrogens (tertiary/aromatic N) is 1. The maximum absolute atomic E-state index is 5.23. The first-order valence-corrected chi connectivity index (χ1v) is 7.35. The first-order valence-electron chi connectivity index (χ1n) is 6.47. The number of methoxy groups -OCH3 is 1. The van der Waals surface area contributed by atoms with Gasteiger partial charge in [-0.05, 0) is 44.5 Å². The molecule has 0 saturated heterocycles. The van der Waals surface area contributed by atoms with Crippen LogP contribution in [-0.4, -0.2) is 18.6 Å². The maximum atomic E-state index is 5.23. The van der Waals surface area contributed by atoms with E-state index >= 15 is 0 Å². The zero-order valence-corrected chi connectivity index (χ0v) is 12.5. The number of aromatic nitrogens is 1. The number of benzene rings is 1. The van der Waals surface area contributed by atoms with Crippen LogP contribution < -0.4 is 10.1 Å². The molecule has 102 valence electrons. The summed E-state index contributed by atoms with van der Waals surface area (Å²) in [5.74, 6) is 0.920. The lowest BCUT2D eigenvalue weighted by atomic mass is 10.1. The lowest BCUT2D eigenvalue weighted by molar-refractivity contribution is 0.414. The van der Waals surface area contributed by atoms with E-state index in [0.29, 0.717) is 6.04 Å². The van der Waals surface area contributed by atoms with Gasteiger partial charge in [0.05, 0.1) is 18.3 Å². The molecule has 0 saturated carbocycles. The summed E-state index contributed by atoms with van der Waals surface area (Å²) in [4.78, 5) is 5.61. The van der Waals surface area contributed by atoms with E-state index in [1.54, 1.807) is 18.4 Å². The third-order valence-corrected chi connectivity index (χ3v) is 4.29. The van der Waals surface area contributed by atoms with Crippen molar-refractivity contribution < 1.29 is 4.74 Å². The van der Waals surface area contributed by atoms with Crippen molar-refractivity contribution in [2.45, 2.75) is 26.3 Å². The van der Waals surface area contributed by atoms with Gasteiger partial charge in [0.25, 0.3) is 0 Å². The quantitative estimate of drug-likeness (QED) is 0.878. The molecular weight excluding hydrogens is 256 g/mol. The van der Waals surface area contributed by atoms with Crippen LogP contribution in [0.5, 0.6) is 5.75 Å². The van der Waals surface area contributed by atoms with E-state index in [9.17, 15) is 0 Å². The Labute approximate surface area is 118 Å². The van der Waals surface area contributed by atoms with Gasteiger partial charge in [0.2, 0.25) is 0 Å².